The van der Waals surface area contributed by atoms with Crippen LogP contribution in [0.15, 0.2) is 42.7 Å². The highest BCUT2D eigenvalue weighted by molar-refractivity contribution is 5.91. The van der Waals surface area contributed by atoms with E-state index < -0.39 is 0 Å². The number of nitrogens with zero attached hydrogens (tertiary/aromatic N) is 4. The number of aromatic nitrogens is 4. The highest BCUT2D eigenvalue weighted by atomic mass is 16.2. The Bertz CT molecular complexity index is 807. The van der Waals surface area contributed by atoms with Crippen LogP contribution in [-0.2, 0) is 0 Å². The Hall–Kier alpha value is -2.76. The summed E-state index contributed by atoms with van der Waals surface area (Å²) in [5.74, 6) is 0.766. The number of hydrogen-bond acceptors (Lipinski definition) is 4. The van der Waals surface area contributed by atoms with Crippen LogP contribution in [0.2, 0.25) is 0 Å². The molecule has 6 nitrogen and oxygen atoms in total. The summed E-state index contributed by atoms with van der Waals surface area (Å²) < 4.78 is 1.49. The number of carbonyl (C=O) groups is 1. The largest absolute Gasteiger partial charge is 0.343 e. The maximum Gasteiger partial charge on any atom is 0.291 e. The average Bonchev–Trinajstić information content (AvgIpc) is 3.05. The molecular weight excluding hydrogens is 302 g/mol. The Morgan fingerprint density at radius 3 is 2.58 bits per heavy atom. The first-order valence-corrected chi connectivity index (χ1v) is 8.16. The summed E-state index contributed by atoms with van der Waals surface area (Å²) in [7, 11) is 0. The molecule has 0 saturated heterocycles. The van der Waals surface area contributed by atoms with Gasteiger partial charge in [-0.1, -0.05) is 38.1 Å². The molecule has 1 aromatic carbocycles. The van der Waals surface area contributed by atoms with Crippen molar-refractivity contribution >= 4 is 11.7 Å². The molecule has 3 rings (SSSR count). The van der Waals surface area contributed by atoms with Gasteiger partial charge in [0.1, 0.15) is 0 Å². The quantitative estimate of drug-likeness (QED) is 0.783. The molecule has 2 atom stereocenters. The second kappa shape index (κ2) is 6.78. The molecule has 0 aliphatic heterocycles. The van der Waals surface area contributed by atoms with Crippen LogP contribution in [0.1, 0.15) is 60.9 Å². The van der Waals surface area contributed by atoms with Crippen LogP contribution < -0.4 is 5.32 Å². The molecular formula is C18H21N5O. The monoisotopic (exact) mass is 323 g/mol. The third-order valence-corrected chi connectivity index (χ3v) is 4.29. The molecule has 1 amide bonds. The van der Waals surface area contributed by atoms with Crippen LogP contribution >= 0.6 is 0 Å². The SMILES string of the molecule is CC[C@H](C)c1ccc([C@@H](C)NC(=O)c2nc3ncccn3n2)cc1. The maximum absolute atomic E-state index is 12.3. The predicted molar refractivity (Wildman–Crippen MR) is 91.8 cm³/mol. The molecule has 0 bridgehead atoms. The van der Waals surface area contributed by atoms with Gasteiger partial charge in [-0.3, -0.25) is 4.79 Å². The molecule has 2 heterocycles. The van der Waals surface area contributed by atoms with Crippen molar-refractivity contribution in [2.75, 3.05) is 0 Å². The summed E-state index contributed by atoms with van der Waals surface area (Å²) in [6.45, 7) is 6.34. The lowest BCUT2D eigenvalue weighted by atomic mass is 9.96. The minimum Gasteiger partial charge on any atom is -0.343 e. The minimum absolute atomic E-state index is 0.122. The zero-order valence-corrected chi connectivity index (χ0v) is 14.1. The lowest BCUT2D eigenvalue weighted by Gasteiger charge is -2.15. The lowest BCUT2D eigenvalue weighted by molar-refractivity contribution is 0.0929. The van der Waals surface area contributed by atoms with E-state index in [1.807, 2.05) is 6.92 Å². The third kappa shape index (κ3) is 3.27. The van der Waals surface area contributed by atoms with Gasteiger partial charge in [0.05, 0.1) is 6.04 Å². The minimum atomic E-state index is -0.306. The summed E-state index contributed by atoms with van der Waals surface area (Å²) in [4.78, 5) is 20.5. The first kappa shape index (κ1) is 16.1. The summed E-state index contributed by atoms with van der Waals surface area (Å²) in [5, 5.41) is 7.07. The Morgan fingerprint density at radius 2 is 1.92 bits per heavy atom. The molecule has 0 spiro atoms. The molecule has 124 valence electrons. The molecule has 0 fully saturated rings. The van der Waals surface area contributed by atoms with Crippen LogP contribution in [0.4, 0.5) is 0 Å². The second-order valence-corrected chi connectivity index (χ2v) is 5.97. The van der Waals surface area contributed by atoms with Gasteiger partial charge in [-0.2, -0.15) is 4.98 Å². The zero-order chi connectivity index (χ0) is 17.1. The average molecular weight is 323 g/mol. The second-order valence-electron chi connectivity index (χ2n) is 5.97. The van der Waals surface area contributed by atoms with Gasteiger partial charge >= 0.3 is 0 Å². The Morgan fingerprint density at radius 1 is 1.21 bits per heavy atom. The summed E-state index contributed by atoms with van der Waals surface area (Å²) in [6.07, 6.45) is 4.44. The predicted octanol–water partition coefficient (Wildman–Crippen LogP) is 3.13. The first-order chi connectivity index (χ1) is 11.6. The van der Waals surface area contributed by atoms with Crippen LogP contribution in [-0.4, -0.2) is 25.5 Å². The van der Waals surface area contributed by atoms with Crippen molar-refractivity contribution in [2.45, 2.75) is 39.2 Å². The van der Waals surface area contributed by atoms with Gasteiger partial charge in [0.2, 0.25) is 5.82 Å². The molecule has 24 heavy (non-hydrogen) atoms. The normalized spacial score (nSPS) is 13.6. The number of rotatable bonds is 5. The number of hydrogen-bond donors (Lipinski definition) is 1. The van der Waals surface area contributed by atoms with Crippen molar-refractivity contribution in [3.05, 3.63) is 59.7 Å². The summed E-state index contributed by atoms with van der Waals surface area (Å²) in [5.41, 5.74) is 2.37. The fourth-order valence-corrected chi connectivity index (χ4v) is 2.52. The molecule has 0 aliphatic carbocycles. The molecule has 1 N–H and O–H groups in total. The van der Waals surface area contributed by atoms with Gasteiger partial charge in [0.15, 0.2) is 0 Å². The summed E-state index contributed by atoms with van der Waals surface area (Å²) >= 11 is 0. The fraction of sp³-hybridized carbons (Fsp3) is 0.333. The van der Waals surface area contributed by atoms with E-state index in [-0.39, 0.29) is 17.8 Å². The van der Waals surface area contributed by atoms with E-state index in [2.05, 4.69) is 58.5 Å². The zero-order valence-electron chi connectivity index (χ0n) is 14.1. The molecule has 0 saturated carbocycles. The van der Waals surface area contributed by atoms with Crippen LogP contribution in [0, 0.1) is 0 Å². The lowest BCUT2D eigenvalue weighted by Crippen LogP contribution is -2.27. The van der Waals surface area contributed by atoms with Gasteiger partial charge < -0.3 is 5.32 Å². The number of carbonyl (C=O) groups excluding carboxylic acids is 1. The van der Waals surface area contributed by atoms with Crippen molar-refractivity contribution in [2.24, 2.45) is 0 Å². The standard InChI is InChI=1S/C18H21N5O/c1-4-12(2)14-6-8-15(9-7-14)13(3)20-17(24)16-21-18-19-10-5-11-23(18)22-16/h5-13H,4H2,1-3H3,(H,20,24)/t12-,13+/m0/s1. The van der Waals surface area contributed by atoms with E-state index in [1.165, 1.54) is 10.1 Å². The smallest absolute Gasteiger partial charge is 0.291 e. The van der Waals surface area contributed by atoms with Gasteiger partial charge in [-0.05, 0) is 36.5 Å². The molecule has 2 aromatic heterocycles. The van der Waals surface area contributed by atoms with Crippen LogP contribution in [0.5, 0.6) is 0 Å². The third-order valence-electron chi connectivity index (χ3n) is 4.29. The Kier molecular flexibility index (Phi) is 4.55. The van der Waals surface area contributed by atoms with Crippen molar-refractivity contribution in [3.63, 3.8) is 0 Å². The topological polar surface area (TPSA) is 72.2 Å². The number of nitrogens with one attached hydrogen (secondary N) is 1. The van der Waals surface area contributed by atoms with E-state index >= 15 is 0 Å². The first-order valence-electron chi connectivity index (χ1n) is 8.16. The highest BCUT2D eigenvalue weighted by Gasteiger charge is 2.16. The summed E-state index contributed by atoms with van der Waals surface area (Å²) in [6, 6.07) is 9.99. The van der Waals surface area contributed by atoms with Crippen molar-refractivity contribution in [1.82, 2.24) is 24.9 Å². The maximum atomic E-state index is 12.3. The van der Waals surface area contributed by atoms with Crippen LogP contribution in [0.25, 0.3) is 5.78 Å². The number of benzene rings is 1. The molecule has 0 radical (unpaired) electrons. The van der Waals surface area contributed by atoms with Crippen LogP contribution in [0.3, 0.4) is 0 Å². The molecule has 0 aliphatic rings. The Labute approximate surface area is 141 Å². The van der Waals surface area contributed by atoms with E-state index in [4.69, 9.17) is 0 Å². The van der Waals surface area contributed by atoms with Crippen molar-refractivity contribution in [1.29, 1.82) is 0 Å². The number of fused-ring (bicyclic) bond motifs is 1. The van der Waals surface area contributed by atoms with E-state index in [1.54, 1.807) is 18.5 Å². The Balaban J connectivity index is 1.71. The molecule has 0 unspecified atom stereocenters. The van der Waals surface area contributed by atoms with E-state index in [0.717, 1.165) is 12.0 Å². The number of amides is 1. The van der Waals surface area contributed by atoms with Gasteiger partial charge in [0.25, 0.3) is 11.7 Å². The molecule has 6 heteroatoms. The highest BCUT2D eigenvalue weighted by Crippen LogP contribution is 2.21. The van der Waals surface area contributed by atoms with E-state index in [9.17, 15) is 4.79 Å². The fourth-order valence-electron chi connectivity index (χ4n) is 2.52. The van der Waals surface area contributed by atoms with Gasteiger partial charge in [-0.15, -0.1) is 5.10 Å². The van der Waals surface area contributed by atoms with E-state index in [0.29, 0.717) is 11.7 Å². The van der Waals surface area contributed by atoms with Gasteiger partial charge in [0, 0.05) is 12.4 Å². The van der Waals surface area contributed by atoms with Crippen molar-refractivity contribution < 1.29 is 4.79 Å². The molecule has 3 aromatic rings. The van der Waals surface area contributed by atoms with Gasteiger partial charge in [-0.25, -0.2) is 9.50 Å². The van der Waals surface area contributed by atoms with Crippen molar-refractivity contribution in [3.8, 4) is 0 Å².